The maximum Gasteiger partial charge on any atom is 0.225 e. The van der Waals surface area contributed by atoms with E-state index in [1.165, 1.54) is 30.9 Å². The second-order valence-corrected chi connectivity index (χ2v) is 9.03. The van der Waals surface area contributed by atoms with E-state index in [9.17, 15) is 4.39 Å². The summed E-state index contributed by atoms with van der Waals surface area (Å²) >= 11 is 0. The molecule has 1 fully saturated rings. The molecule has 10 nitrogen and oxygen atoms in total. The highest BCUT2D eigenvalue weighted by molar-refractivity contribution is 5.77. The largest absolute Gasteiger partial charge is 0.351 e. The normalized spacial score (nSPS) is 20.1. The summed E-state index contributed by atoms with van der Waals surface area (Å²) in [6.45, 7) is -3.11. The van der Waals surface area contributed by atoms with Gasteiger partial charge in [-0.2, -0.15) is 10.2 Å². The minimum Gasteiger partial charge on any atom is -0.351 e. The van der Waals surface area contributed by atoms with Crippen LogP contribution in [0.2, 0.25) is 0 Å². The van der Waals surface area contributed by atoms with Gasteiger partial charge in [-0.1, -0.05) is 12.1 Å². The van der Waals surface area contributed by atoms with Crippen LogP contribution in [0.25, 0.3) is 16.6 Å². The molecule has 1 aliphatic rings. The number of fused-ring (bicyclic) bond motifs is 1. The number of nitrogens with two attached hydrogens (primary N) is 1. The Bertz CT molecular complexity index is 1700. The second-order valence-electron chi connectivity index (χ2n) is 9.03. The Morgan fingerprint density at radius 3 is 2.32 bits per heavy atom. The number of aromatic nitrogens is 7. The van der Waals surface area contributed by atoms with Gasteiger partial charge in [-0.05, 0) is 30.7 Å². The van der Waals surface area contributed by atoms with Crippen LogP contribution in [-0.2, 0) is 12.6 Å². The van der Waals surface area contributed by atoms with Crippen molar-refractivity contribution in [3.63, 3.8) is 0 Å². The van der Waals surface area contributed by atoms with Crippen molar-refractivity contribution in [1.82, 2.24) is 34.3 Å². The van der Waals surface area contributed by atoms with Crippen LogP contribution in [0, 0.1) is 5.82 Å². The molecule has 1 atom stereocenters. The van der Waals surface area contributed by atoms with Gasteiger partial charge in [0.2, 0.25) is 5.95 Å². The van der Waals surface area contributed by atoms with Crippen LogP contribution in [0.15, 0.2) is 67.6 Å². The number of hydrogen-bond acceptors (Lipinski definition) is 8. The summed E-state index contributed by atoms with van der Waals surface area (Å²) in [5.41, 5.74) is 8.97. The van der Waals surface area contributed by atoms with E-state index in [0.717, 1.165) is 16.0 Å². The number of aryl methyl sites for hydroxylation is 1. The smallest absolute Gasteiger partial charge is 0.225 e. The SMILES string of the molecule is [2H]C1([2H])CN(c2ncnn3cc(-c4cnn(C)c4)cc23)CC([2H])([2H])N1c1ncc(C(C)(N)c2ccc(F)cc2)cn1. The number of nitrogens with zero attached hydrogens (tertiary/aromatic N) is 9. The predicted molar refractivity (Wildman–Crippen MR) is 139 cm³/mol. The Hall–Kier alpha value is -4.38. The van der Waals surface area contributed by atoms with Crippen LogP contribution in [0.3, 0.4) is 0 Å². The Balaban J connectivity index is 1.30. The first-order valence-electron chi connectivity index (χ1n) is 13.6. The number of piperazine rings is 1. The third kappa shape index (κ3) is 4.27. The molecule has 1 saturated heterocycles. The Morgan fingerprint density at radius 2 is 1.65 bits per heavy atom. The van der Waals surface area contributed by atoms with Gasteiger partial charge in [0.1, 0.15) is 17.7 Å². The molecular weight excluding hydrogens is 471 g/mol. The molecule has 4 aromatic heterocycles. The van der Waals surface area contributed by atoms with Gasteiger partial charge in [-0.3, -0.25) is 4.68 Å². The van der Waals surface area contributed by atoms with E-state index in [4.69, 9.17) is 11.2 Å². The van der Waals surface area contributed by atoms with Crippen LogP contribution in [-0.4, -0.2) is 60.4 Å². The number of anilines is 2. The molecule has 2 N–H and O–H groups in total. The van der Waals surface area contributed by atoms with Crippen LogP contribution in [0.5, 0.6) is 0 Å². The van der Waals surface area contributed by atoms with Gasteiger partial charge in [0, 0.05) is 74.6 Å². The van der Waals surface area contributed by atoms with E-state index in [-0.39, 0.29) is 24.9 Å². The summed E-state index contributed by atoms with van der Waals surface area (Å²) in [5, 5.41) is 8.50. The fourth-order valence-electron chi connectivity index (χ4n) is 4.27. The highest BCUT2D eigenvalue weighted by atomic mass is 19.1. The molecule has 1 unspecified atom stereocenters. The zero-order valence-corrected chi connectivity index (χ0v) is 20.2. The van der Waals surface area contributed by atoms with Crippen LogP contribution in [0.1, 0.15) is 23.5 Å². The second kappa shape index (κ2) is 8.93. The summed E-state index contributed by atoms with van der Waals surface area (Å²) in [6, 6.07) is 7.66. The molecule has 11 heteroatoms. The van der Waals surface area contributed by atoms with Crippen LogP contribution < -0.4 is 15.5 Å². The van der Waals surface area contributed by atoms with Crippen molar-refractivity contribution < 1.29 is 9.87 Å². The zero-order valence-electron chi connectivity index (χ0n) is 24.2. The summed E-state index contributed by atoms with van der Waals surface area (Å²) in [4.78, 5) is 15.5. The minimum atomic E-state index is -2.22. The molecule has 37 heavy (non-hydrogen) atoms. The Morgan fingerprint density at radius 1 is 0.919 bits per heavy atom. The van der Waals surface area contributed by atoms with Crippen molar-refractivity contribution in [2.75, 3.05) is 35.9 Å². The van der Waals surface area contributed by atoms with E-state index in [0.29, 0.717) is 22.5 Å². The third-order valence-corrected chi connectivity index (χ3v) is 6.44. The maximum absolute atomic E-state index is 13.4. The lowest BCUT2D eigenvalue weighted by atomic mass is 9.87. The molecule has 188 valence electrons. The third-order valence-electron chi connectivity index (χ3n) is 6.44. The van der Waals surface area contributed by atoms with Gasteiger partial charge in [-0.15, -0.1) is 0 Å². The van der Waals surface area contributed by atoms with E-state index in [1.807, 2.05) is 25.5 Å². The summed E-state index contributed by atoms with van der Waals surface area (Å²) in [5.74, 6) is -0.0990. The number of halogens is 1. The first-order valence-corrected chi connectivity index (χ1v) is 11.6. The molecule has 0 amide bonds. The number of rotatable bonds is 5. The average Bonchev–Trinajstić information content (AvgIpc) is 3.54. The first-order chi connectivity index (χ1) is 19.3. The predicted octanol–water partition coefficient (Wildman–Crippen LogP) is 2.61. The highest BCUT2D eigenvalue weighted by Gasteiger charge is 2.26. The molecule has 0 saturated carbocycles. The molecule has 0 spiro atoms. The monoisotopic (exact) mass is 502 g/mol. The van der Waals surface area contributed by atoms with E-state index < -0.39 is 18.5 Å². The molecule has 6 rings (SSSR count). The van der Waals surface area contributed by atoms with Crippen molar-refractivity contribution in [2.24, 2.45) is 12.8 Å². The van der Waals surface area contributed by atoms with Crippen LogP contribution in [0.4, 0.5) is 16.2 Å². The average molecular weight is 503 g/mol. The minimum absolute atomic E-state index is 0.118. The molecule has 0 bridgehead atoms. The standard InChI is InChI=1S/C26H27FN10/c1-26(28,20-3-5-22(27)6-4-20)21-13-29-25(30-14-21)36-9-7-35(8-10-36)24-23-11-18(16-37(23)33-17-31-24)19-12-32-34(2)15-19/h3-6,11-17H,7-10,28H2,1-2H3/i9D2,10D2. The van der Waals surface area contributed by atoms with Crippen molar-refractivity contribution in [3.05, 3.63) is 84.6 Å². The van der Waals surface area contributed by atoms with Gasteiger partial charge < -0.3 is 15.5 Å². The number of benzene rings is 1. The van der Waals surface area contributed by atoms with Crippen molar-refractivity contribution >= 4 is 17.3 Å². The lowest BCUT2D eigenvalue weighted by Gasteiger charge is -2.35. The molecule has 5 heterocycles. The van der Waals surface area contributed by atoms with Crippen molar-refractivity contribution in [3.8, 4) is 11.1 Å². The van der Waals surface area contributed by atoms with Gasteiger partial charge >= 0.3 is 0 Å². The molecule has 1 aliphatic heterocycles. The summed E-state index contributed by atoms with van der Waals surface area (Å²) in [7, 11) is 1.83. The Labute approximate surface area is 218 Å². The molecule has 0 aliphatic carbocycles. The molecule has 1 aromatic carbocycles. The molecular formula is C26H27FN10. The van der Waals surface area contributed by atoms with Gasteiger partial charge in [-0.25, -0.2) is 23.9 Å². The Kier molecular flexibility index (Phi) is 4.54. The van der Waals surface area contributed by atoms with E-state index in [2.05, 4.69) is 25.1 Å². The fourth-order valence-corrected chi connectivity index (χ4v) is 4.27. The van der Waals surface area contributed by atoms with Gasteiger partial charge in [0.05, 0.1) is 17.2 Å². The zero-order chi connectivity index (χ0) is 29.2. The lowest BCUT2D eigenvalue weighted by molar-refractivity contribution is 0.585. The number of hydrogen-bond donors (Lipinski definition) is 1. The van der Waals surface area contributed by atoms with Gasteiger partial charge in [0.15, 0.2) is 5.82 Å². The first kappa shape index (κ1) is 18.8. The quantitative estimate of drug-likeness (QED) is 0.391. The summed E-state index contributed by atoms with van der Waals surface area (Å²) in [6.07, 6.45) is 9.67. The fraction of sp³-hybridized carbons (Fsp3) is 0.269. The highest BCUT2D eigenvalue weighted by Crippen LogP contribution is 2.29. The summed E-state index contributed by atoms with van der Waals surface area (Å²) < 4.78 is 52.1. The maximum atomic E-state index is 13.4. The van der Waals surface area contributed by atoms with Crippen molar-refractivity contribution in [1.29, 1.82) is 0 Å². The van der Waals surface area contributed by atoms with Crippen LogP contribution >= 0.6 is 0 Å². The van der Waals surface area contributed by atoms with E-state index >= 15 is 0 Å². The molecule has 0 radical (unpaired) electrons. The lowest BCUT2D eigenvalue weighted by Crippen LogP contribution is -2.47. The van der Waals surface area contributed by atoms with E-state index in [1.54, 1.807) is 39.4 Å². The topological polar surface area (TPSA) is 106 Å². The molecule has 5 aromatic rings. The van der Waals surface area contributed by atoms with Crippen molar-refractivity contribution in [2.45, 2.75) is 12.5 Å². The van der Waals surface area contributed by atoms with Gasteiger partial charge in [0.25, 0.3) is 0 Å².